The topological polar surface area (TPSA) is 119 Å². The molecule has 1 aromatic rings. The molecule has 0 aliphatic rings. The zero-order valence-corrected chi connectivity index (χ0v) is 13.6. The van der Waals surface area contributed by atoms with Crippen LogP contribution in [0.5, 0.6) is 0 Å². The van der Waals surface area contributed by atoms with E-state index in [2.05, 4.69) is 20.0 Å². The van der Waals surface area contributed by atoms with Crippen molar-refractivity contribution < 1.29 is 13.2 Å². The highest BCUT2D eigenvalue weighted by atomic mass is 32.2. The lowest BCUT2D eigenvalue weighted by Crippen LogP contribution is -2.47. The Kier molecular flexibility index (Phi) is 5.87. The van der Waals surface area contributed by atoms with E-state index in [4.69, 9.17) is 10.5 Å². The minimum absolute atomic E-state index is 0.279. The summed E-state index contributed by atoms with van der Waals surface area (Å²) in [6.07, 6.45) is 1.12. The number of aromatic nitrogens is 2. The summed E-state index contributed by atoms with van der Waals surface area (Å²) in [5, 5.41) is 3.05. The largest absolute Gasteiger partial charge is 0.384 e. The standard InChI is InChI=1S/C12H23N5O3S/c1-5-20-7-11-15-9(13)6-10(16-11)14-8-12(2,3)17-21(4,18)19/h6,17H,5,7-8H2,1-4H3,(H3,13,14,15,16). The van der Waals surface area contributed by atoms with Crippen LogP contribution >= 0.6 is 0 Å². The molecule has 9 heteroatoms. The number of nitrogens with zero attached hydrogens (tertiary/aromatic N) is 2. The third-order valence-corrected chi connectivity index (χ3v) is 3.32. The first-order valence-electron chi connectivity index (χ1n) is 6.55. The van der Waals surface area contributed by atoms with Crippen LogP contribution in [0.2, 0.25) is 0 Å². The molecule has 120 valence electrons. The number of hydrogen-bond acceptors (Lipinski definition) is 7. The van der Waals surface area contributed by atoms with Gasteiger partial charge in [-0.3, -0.25) is 0 Å². The van der Waals surface area contributed by atoms with Crippen molar-refractivity contribution in [3.8, 4) is 0 Å². The molecule has 0 spiro atoms. The van der Waals surface area contributed by atoms with Gasteiger partial charge >= 0.3 is 0 Å². The van der Waals surface area contributed by atoms with E-state index in [9.17, 15) is 8.42 Å². The maximum Gasteiger partial charge on any atom is 0.209 e. The molecule has 0 aliphatic carbocycles. The van der Waals surface area contributed by atoms with Crippen LogP contribution in [0, 0.1) is 0 Å². The minimum Gasteiger partial charge on any atom is -0.384 e. The molecule has 8 nitrogen and oxygen atoms in total. The predicted molar refractivity (Wildman–Crippen MR) is 82.3 cm³/mol. The van der Waals surface area contributed by atoms with Crippen LogP contribution in [0.15, 0.2) is 6.07 Å². The normalized spacial score (nSPS) is 12.4. The van der Waals surface area contributed by atoms with Crippen molar-refractivity contribution in [1.29, 1.82) is 0 Å². The molecule has 4 N–H and O–H groups in total. The van der Waals surface area contributed by atoms with Gasteiger partial charge in [-0.05, 0) is 20.8 Å². The van der Waals surface area contributed by atoms with Crippen molar-refractivity contribution in [1.82, 2.24) is 14.7 Å². The Balaban J connectivity index is 2.72. The molecule has 1 aromatic heterocycles. The van der Waals surface area contributed by atoms with E-state index in [1.807, 2.05) is 6.92 Å². The fourth-order valence-electron chi connectivity index (χ4n) is 1.72. The summed E-state index contributed by atoms with van der Waals surface area (Å²) in [6, 6.07) is 1.59. The van der Waals surface area contributed by atoms with E-state index in [0.29, 0.717) is 30.6 Å². The highest BCUT2D eigenvalue weighted by Gasteiger charge is 2.22. The van der Waals surface area contributed by atoms with Crippen molar-refractivity contribution in [2.75, 3.05) is 30.5 Å². The fraction of sp³-hybridized carbons (Fsp3) is 0.667. The van der Waals surface area contributed by atoms with E-state index in [0.717, 1.165) is 6.26 Å². The molecule has 0 saturated heterocycles. The van der Waals surface area contributed by atoms with Crippen molar-refractivity contribution in [2.45, 2.75) is 32.9 Å². The Labute approximate surface area is 125 Å². The van der Waals surface area contributed by atoms with Gasteiger partial charge in [0, 0.05) is 24.8 Å². The number of nitrogen functional groups attached to an aromatic ring is 1. The molecule has 0 atom stereocenters. The van der Waals surface area contributed by atoms with Crippen LogP contribution in [0.3, 0.4) is 0 Å². The van der Waals surface area contributed by atoms with Gasteiger partial charge in [-0.15, -0.1) is 0 Å². The monoisotopic (exact) mass is 317 g/mol. The predicted octanol–water partition coefficient (Wildman–Crippen LogP) is 0.335. The van der Waals surface area contributed by atoms with Crippen LogP contribution in [0.1, 0.15) is 26.6 Å². The van der Waals surface area contributed by atoms with Gasteiger partial charge in [0.05, 0.1) is 6.26 Å². The quantitative estimate of drug-likeness (QED) is 0.632. The summed E-state index contributed by atoms with van der Waals surface area (Å²) in [6.45, 7) is 6.61. The zero-order chi connectivity index (χ0) is 16.1. The molecule has 0 aliphatic heterocycles. The van der Waals surface area contributed by atoms with Gasteiger partial charge in [-0.1, -0.05) is 0 Å². The Morgan fingerprint density at radius 1 is 1.38 bits per heavy atom. The Morgan fingerprint density at radius 3 is 2.62 bits per heavy atom. The number of nitrogens with two attached hydrogens (primary N) is 1. The molecule has 0 aromatic carbocycles. The highest BCUT2D eigenvalue weighted by molar-refractivity contribution is 7.88. The number of ether oxygens (including phenoxy) is 1. The molecule has 0 saturated carbocycles. The van der Waals surface area contributed by atoms with Crippen LogP contribution < -0.4 is 15.8 Å². The van der Waals surface area contributed by atoms with Crippen molar-refractivity contribution in [3.63, 3.8) is 0 Å². The first kappa shape index (κ1) is 17.6. The van der Waals surface area contributed by atoms with Gasteiger partial charge in [-0.2, -0.15) is 0 Å². The van der Waals surface area contributed by atoms with E-state index in [1.54, 1.807) is 19.9 Å². The second-order valence-corrected chi connectivity index (χ2v) is 7.09. The number of sulfonamides is 1. The fourth-order valence-corrected chi connectivity index (χ4v) is 2.79. The zero-order valence-electron chi connectivity index (χ0n) is 12.8. The lowest BCUT2D eigenvalue weighted by molar-refractivity contribution is 0.128. The second kappa shape index (κ2) is 7.01. The maximum atomic E-state index is 11.3. The summed E-state index contributed by atoms with van der Waals surface area (Å²) < 4.78 is 30.3. The first-order valence-corrected chi connectivity index (χ1v) is 8.44. The SMILES string of the molecule is CCOCc1nc(N)cc(NCC(C)(C)NS(C)(=O)=O)n1. The lowest BCUT2D eigenvalue weighted by Gasteiger charge is -2.25. The van der Waals surface area contributed by atoms with Crippen LogP contribution in [-0.2, 0) is 21.4 Å². The smallest absolute Gasteiger partial charge is 0.209 e. The van der Waals surface area contributed by atoms with Gasteiger partial charge in [0.1, 0.15) is 18.2 Å². The molecule has 0 unspecified atom stereocenters. The Hall–Kier alpha value is -1.45. The number of hydrogen-bond donors (Lipinski definition) is 3. The molecule has 0 amide bonds. The summed E-state index contributed by atoms with van der Waals surface area (Å²) in [7, 11) is -3.28. The number of anilines is 2. The number of rotatable bonds is 8. The van der Waals surface area contributed by atoms with Crippen LogP contribution in [0.25, 0.3) is 0 Å². The van der Waals surface area contributed by atoms with E-state index >= 15 is 0 Å². The van der Waals surface area contributed by atoms with E-state index in [-0.39, 0.29) is 6.61 Å². The maximum absolute atomic E-state index is 11.3. The average Bonchev–Trinajstić information content (AvgIpc) is 2.30. The summed E-state index contributed by atoms with van der Waals surface area (Å²) in [5.74, 6) is 1.34. The highest BCUT2D eigenvalue weighted by Crippen LogP contribution is 2.11. The second-order valence-electron chi connectivity index (χ2n) is 5.34. The molecule has 21 heavy (non-hydrogen) atoms. The van der Waals surface area contributed by atoms with E-state index in [1.165, 1.54) is 0 Å². The van der Waals surface area contributed by atoms with Crippen LogP contribution in [-0.4, -0.2) is 43.3 Å². The Bertz CT molecular complexity index is 574. The third kappa shape index (κ3) is 7.21. The summed E-state index contributed by atoms with van der Waals surface area (Å²) in [5.41, 5.74) is 5.05. The average molecular weight is 317 g/mol. The summed E-state index contributed by atoms with van der Waals surface area (Å²) >= 11 is 0. The molecular formula is C12H23N5O3S. The number of nitrogens with one attached hydrogen (secondary N) is 2. The van der Waals surface area contributed by atoms with E-state index < -0.39 is 15.6 Å². The molecule has 0 bridgehead atoms. The van der Waals surface area contributed by atoms with Crippen molar-refractivity contribution >= 4 is 21.7 Å². The van der Waals surface area contributed by atoms with Gasteiger partial charge in [0.15, 0.2) is 5.82 Å². The molecule has 0 fully saturated rings. The summed E-state index contributed by atoms with van der Waals surface area (Å²) in [4.78, 5) is 8.33. The van der Waals surface area contributed by atoms with Gasteiger partial charge in [0.2, 0.25) is 10.0 Å². The first-order chi connectivity index (χ1) is 9.61. The van der Waals surface area contributed by atoms with Gasteiger partial charge in [-0.25, -0.2) is 23.1 Å². The molecule has 0 radical (unpaired) electrons. The van der Waals surface area contributed by atoms with Crippen molar-refractivity contribution in [3.05, 3.63) is 11.9 Å². The Morgan fingerprint density at radius 2 is 2.05 bits per heavy atom. The van der Waals surface area contributed by atoms with Gasteiger partial charge < -0.3 is 15.8 Å². The molecule has 1 heterocycles. The minimum atomic E-state index is -3.28. The molecule has 1 rings (SSSR count). The third-order valence-electron chi connectivity index (χ3n) is 2.40. The van der Waals surface area contributed by atoms with Crippen molar-refractivity contribution in [2.24, 2.45) is 0 Å². The van der Waals surface area contributed by atoms with Crippen LogP contribution in [0.4, 0.5) is 11.6 Å². The van der Waals surface area contributed by atoms with Gasteiger partial charge in [0.25, 0.3) is 0 Å². The lowest BCUT2D eigenvalue weighted by atomic mass is 10.1. The molecular weight excluding hydrogens is 294 g/mol.